The van der Waals surface area contributed by atoms with Crippen LogP contribution in [0.2, 0.25) is 0 Å². The van der Waals surface area contributed by atoms with Crippen LogP contribution in [0, 0.1) is 35.5 Å². The van der Waals surface area contributed by atoms with Gasteiger partial charge in [0.05, 0.1) is 0 Å². The summed E-state index contributed by atoms with van der Waals surface area (Å²) in [5.74, 6) is 5.97. The highest BCUT2D eigenvalue weighted by Crippen LogP contribution is 2.61. The van der Waals surface area contributed by atoms with Crippen LogP contribution in [0.5, 0.6) is 0 Å². The molecule has 4 bridgehead atoms. The summed E-state index contributed by atoms with van der Waals surface area (Å²) in [5, 5.41) is 3.88. The van der Waals surface area contributed by atoms with E-state index in [2.05, 4.69) is 25.1 Å². The minimum atomic E-state index is 0.521. The van der Waals surface area contributed by atoms with Gasteiger partial charge in [0.25, 0.3) is 0 Å². The summed E-state index contributed by atoms with van der Waals surface area (Å²) in [6, 6.07) is 1.17. The van der Waals surface area contributed by atoms with E-state index in [1.54, 1.807) is 0 Å². The van der Waals surface area contributed by atoms with Crippen molar-refractivity contribution in [1.29, 1.82) is 0 Å². The van der Waals surface area contributed by atoms with E-state index in [0.29, 0.717) is 17.5 Å². The third-order valence-corrected chi connectivity index (χ3v) is 6.35. The maximum absolute atomic E-state index is 5.50. The van der Waals surface area contributed by atoms with Gasteiger partial charge >= 0.3 is 0 Å². The topological polar surface area (TPSA) is 12.0 Å². The molecule has 19 heavy (non-hydrogen) atoms. The number of terminal acetylenes is 1. The van der Waals surface area contributed by atoms with E-state index in [9.17, 15) is 0 Å². The molecule has 0 aromatic rings. The molecule has 0 saturated heterocycles. The summed E-state index contributed by atoms with van der Waals surface area (Å²) in [6.07, 6.45) is 16.6. The first-order valence-corrected chi connectivity index (χ1v) is 8.34. The highest BCUT2D eigenvalue weighted by molar-refractivity contribution is 5.06. The minimum absolute atomic E-state index is 0.521. The molecule has 2 atom stereocenters. The lowest BCUT2D eigenvalue weighted by Crippen LogP contribution is -2.56. The van der Waals surface area contributed by atoms with Crippen LogP contribution in [-0.2, 0) is 0 Å². The molecule has 4 aliphatic rings. The molecule has 4 aliphatic carbocycles. The molecular weight excluding hydrogens is 230 g/mol. The summed E-state index contributed by atoms with van der Waals surface area (Å²) in [6.45, 7) is 4.69. The van der Waals surface area contributed by atoms with Crippen LogP contribution in [0.3, 0.4) is 0 Å². The summed E-state index contributed by atoms with van der Waals surface area (Å²) < 4.78 is 0. The van der Waals surface area contributed by atoms with Crippen LogP contribution in [0.15, 0.2) is 0 Å². The zero-order valence-corrected chi connectivity index (χ0v) is 12.6. The molecule has 0 spiro atoms. The van der Waals surface area contributed by atoms with Crippen molar-refractivity contribution >= 4 is 0 Å². The molecule has 4 saturated carbocycles. The minimum Gasteiger partial charge on any atom is -0.310 e. The highest BCUT2D eigenvalue weighted by Gasteiger charge is 2.53. The van der Waals surface area contributed by atoms with Gasteiger partial charge in [-0.25, -0.2) is 0 Å². The Morgan fingerprint density at radius 1 is 1.16 bits per heavy atom. The van der Waals surface area contributed by atoms with Crippen LogP contribution in [0.25, 0.3) is 0 Å². The van der Waals surface area contributed by atoms with E-state index in [4.69, 9.17) is 6.42 Å². The van der Waals surface area contributed by atoms with E-state index in [-0.39, 0.29) is 0 Å². The summed E-state index contributed by atoms with van der Waals surface area (Å²) >= 11 is 0. The smallest absolute Gasteiger partial charge is 0.0240 e. The molecule has 0 aliphatic heterocycles. The Balaban J connectivity index is 1.69. The van der Waals surface area contributed by atoms with Crippen molar-refractivity contribution in [2.75, 3.05) is 0 Å². The fraction of sp³-hybridized carbons (Fsp3) is 0.889. The Hall–Kier alpha value is -0.480. The Labute approximate surface area is 118 Å². The lowest BCUT2D eigenvalue weighted by Gasteiger charge is -2.59. The van der Waals surface area contributed by atoms with Crippen molar-refractivity contribution in [3.63, 3.8) is 0 Å². The van der Waals surface area contributed by atoms with Gasteiger partial charge in [-0.05, 0) is 75.0 Å². The third-order valence-electron chi connectivity index (χ3n) is 6.35. The van der Waals surface area contributed by atoms with Crippen molar-refractivity contribution in [3.8, 4) is 12.3 Å². The van der Waals surface area contributed by atoms with E-state index >= 15 is 0 Å². The number of nitrogens with one attached hydrogen (secondary N) is 1. The van der Waals surface area contributed by atoms with Gasteiger partial charge in [-0.15, -0.1) is 12.3 Å². The Morgan fingerprint density at radius 3 is 2.11 bits per heavy atom. The predicted octanol–water partition coefficient (Wildman–Crippen LogP) is 3.98. The second kappa shape index (κ2) is 5.13. The van der Waals surface area contributed by atoms with Gasteiger partial charge in [0, 0.05) is 18.5 Å². The van der Waals surface area contributed by atoms with Crippen molar-refractivity contribution in [1.82, 2.24) is 5.32 Å². The summed E-state index contributed by atoms with van der Waals surface area (Å²) in [5.41, 5.74) is 0.608. The zero-order valence-electron chi connectivity index (χ0n) is 12.6. The van der Waals surface area contributed by atoms with Crippen LogP contribution in [0.4, 0.5) is 0 Å². The first-order chi connectivity index (χ1) is 9.15. The van der Waals surface area contributed by atoms with Crippen LogP contribution >= 0.6 is 0 Å². The molecule has 2 unspecified atom stereocenters. The van der Waals surface area contributed by atoms with Gasteiger partial charge in [-0.1, -0.05) is 6.92 Å². The van der Waals surface area contributed by atoms with E-state index in [0.717, 1.165) is 30.6 Å². The third kappa shape index (κ3) is 2.45. The normalized spacial score (nSPS) is 42.9. The molecule has 0 amide bonds. The van der Waals surface area contributed by atoms with Gasteiger partial charge in [0.1, 0.15) is 0 Å². The van der Waals surface area contributed by atoms with E-state index < -0.39 is 0 Å². The molecule has 106 valence electrons. The maximum Gasteiger partial charge on any atom is 0.0240 e. The average Bonchev–Trinajstić information content (AvgIpc) is 2.36. The fourth-order valence-electron chi connectivity index (χ4n) is 5.70. The number of hydrogen-bond donors (Lipinski definition) is 1. The molecule has 0 heterocycles. The zero-order chi connectivity index (χ0) is 13.5. The Morgan fingerprint density at radius 2 is 1.68 bits per heavy atom. The number of rotatable bonds is 5. The van der Waals surface area contributed by atoms with Gasteiger partial charge in [0.2, 0.25) is 0 Å². The van der Waals surface area contributed by atoms with E-state index in [1.165, 1.54) is 38.5 Å². The Kier molecular flexibility index (Phi) is 3.65. The maximum atomic E-state index is 5.50. The molecule has 1 nitrogen and oxygen atoms in total. The van der Waals surface area contributed by atoms with Crippen LogP contribution in [0.1, 0.15) is 65.2 Å². The summed E-state index contributed by atoms with van der Waals surface area (Å²) in [4.78, 5) is 0. The van der Waals surface area contributed by atoms with Crippen molar-refractivity contribution in [2.24, 2.45) is 23.2 Å². The van der Waals surface area contributed by atoms with Gasteiger partial charge in [0.15, 0.2) is 0 Å². The molecule has 1 heteroatoms. The fourth-order valence-corrected chi connectivity index (χ4v) is 5.70. The quantitative estimate of drug-likeness (QED) is 0.736. The van der Waals surface area contributed by atoms with Gasteiger partial charge < -0.3 is 5.32 Å². The standard InChI is InChI=1S/C18H29N/c1-4-6-17(5-2)19-13(3)18-10-14-7-15(11-18)9-16(8-14)12-18/h1,13-17,19H,5-12H2,2-3H3. The summed E-state index contributed by atoms with van der Waals surface area (Å²) in [7, 11) is 0. The molecule has 4 fully saturated rings. The van der Waals surface area contributed by atoms with Crippen molar-refractivity contribution in [2.45, 2.75) is 77.3 Å². The SMILES string of the molecule is C#CCC(CC)NC(C)C12CC3CC(CC(C3)C1)C2. The lowest BCUT2D eigenvalue weighted by atomic mass is 9.48. The second-order valence-electron chi connectivity index (χ2n) is 7.68. The molecule has 0 radical (unpaired) electrons. The number of hydrogen-bond acceptors (Lipinski definition) is 1. The van der Waals surface area contributed by atoms with Crippen molar-refractivity contribution in [3.05, 3.63) is 0 Å². The second-order valence-corrected chi connectivity index (χ2v) is 7.68. The van der Waals surface area contributed by atoms with Gasteiger partial charge in [-0.2, -0.15) is 0 Å². The highest BCUT2D eigenvalue weighted by atomic mass is 15.0. The first kappa shape index (κ1) is 13.5. The lowest BCUT2D eigenvalue weighted by molar-refractivity contribution is -0.0721. The molecule has 1 N–H and O–H groups in total. The largest absolute Gasteiger partial charge is 0.310 e. The predicted molar refractivity (Wildman–Crippen MR) is 80.7 cm³/mol. The monoisotopic (exact) mass is 259 g/mol. The molecule has 0 aromatic heterocycles. The molecule has 0 aromatic carbocycles. The van der Waals surface area contributed by atoms with Crippen LogP contribution < -0.4 is 5.32 Å². The molecular formula is C18H29N. The first-order valence-electron chi connectivity index (χ1n) is 8.34. The van der Waals surface area contributed by atoms with Crippen LogP contribution in [-0.4, -0.2) is 12.1 Å². The average molecular weight is 259 g/mol. The van der Waals surface area contributed by atoms with E-state index in [1.807, 2.05) is 0 Å². The van der Waals surface area contributed by atoms with Gasteiger partial charge in [-0.3, -0.25) is 0 Å². The Bertz CT molecular complexity index is 329. The van der Waals surface area contributed by atoms with Crippen molar-refractivity contribution < 1.29 is 0 Å². The molecule has 4 rings (SSSR count).